The molecule has 0 N–H and O–H groups in total. The van der Waals surface area contributed by atoms with Crippen LogP contribution in [0, 0.1) is 0 Å². The molecule has 0 amide bonds. The third-order valence-corrected chi connectivity index (χ3v) is 13.2. The number of thiophene rings is 1. The summed E-state index contributed by atoms with van der Waals surface area (Å²) in [6.07, 6.45) is 0. The Morgan fingerprint density at radius 2 is 0.810 bits per heavy atom. The molecule has 2 heterocycles. The lowest BCUT2D eigenvalue weighted by molar-refractivity contribution is 1.18. The van der Waals surface area contributed by atoms with Crippen molar-refractivity contribution in [1.82, 2.24) is 4.57 Å². The molecule has 12 rings (SSSR count). The molecule has 0 aliphatic rings. The van der Waals surface area contributed by atoms with Crippen molar-refractivity contribution in [2.75, 3.05) is 0 Å². The lowest BCUT2D eigenvalue weighted by Gasteiger charge is -2.19. The van der Waals surface area contributed by atoms with Gasteiger partial charge < -0.3 is 4.57 Å². The number of nitrogens with zero attached hydrogens (tertiary/aromatic N) is 1. The second-order valence-corrected chi connectivity index (χ2v) is 16.2. The van der Waals surface area contributed by atoms with Crippen molar-refractivity contribution in [3.05, 3.63) is 212 Å². The highest BCUT2D eigenvalue weighted by Gasteiger charge is 2.20. The molecular formula is C56H35NS. The highest BCUT2D eigenvalue weighted by molar-refractivity contribution is 7.26. The Kier molecular flexibility index (Phi) is 7.47. The quantitative estimate of drug-likeness (QED) is 0.154. The Morgan fingerprint density at radius 3 is 1.59 bits per heavy atom. The summed E-state index contributed by atoms with van der Waals surface area (Å²) in [6.45, 7) is 0. The molecule has 58 heavy (non-hydrogen) atoms. The summed E-state index contributed by atoms with van der Waals surface area (Å²) in [5.41, 5.74) is 13.5. The molecule has 12 aromatic rings. The van der Waals surface area contributed by atoms with Gasteiger partial charge in [-0.1, -0.05) is 176 Å². The first-order valence-electron chi connectivity index (χ1n) is 19.9. The van der Waals surface area contributed by atoms with Gasteiger partial charge in [-0.25, -0.2) is 0 Å². The summed E-state index contributed by atoms with van der Waals surface area (Å²) >= 11 is 1.89. The Labute approximate surface area is 340 Å². The zero-order chi connectivity index (χ0) is 38.2. The van der Waals surface area contributed by atoms with E-state index < -0.39 is 0 Å². The van der Waals surface area contributed by atoms with Crippen molar-refractivity contribution in [3.63, 3.8) is 0 Å². The second-order valence-electron chi connectivity index (χ2n) is 15.2. The van der Waals surface area contributed by atoms with Crippen molar-refractivity contribution in [3.8, 4) is 50.2 Å². The number of hydrogen-bond donors (Lipinski definition) is 0. The molecule has 270 valence electrons. The minimum Gasteiger partial charge on any atom is -0.309 e. The topological polar surface area (TPSA) is 4.93 Å². The van der Waals surface area contributed by atoms with Gasteiger partial charge in [0.2, 0.25) is 0 Å². The fraction of sp³-hybridized carbons (Fsp3) is 0. The fourth-order valence-electron chi connectivity index (χ4n) is 9.46. The van der Waals surface area contributed by atoms with Crippen molar-refractivity contribution in [2.45, 2.75) is 0 Å². The van der Waals surface area contributed by atoms with E-state index in [9.17, 15) is 0 Å². The van der Waals surface area contributed by atoms with Gasteiger partial charge in [0.25, 0.3) is 0 Å². The van der Waals surface area contributed by atoms with Gasteiger partial charge in [0.05, 0.1) is 16.7 Å². The monoisotopic (exact) mass is 753 g/mol. The third-order valence-electron chi connectivity index (χ3n) is 12.0. The highest BCUT2D eigenvalue weighted by atomic mass is 32.1. The summed E-state index contributed by atoms with van der Waals surface area (Å²) < 4.78 is 5.14. The van der Waals surface area contributed by atoms with Crippen molar-refractivity contribution in [1.29, 1.82) is 0 Å². The van der Waals surface area contributed by atoms with E-state index in [2.05, 4.69) is 217 Å². The number of rotatable bonds is 5. The van der Waals surface area contributed by atoms with Crippen LogP contribution in [0.1, 0.15) is 0 Å². The van der Waals surface area contributed by atoms with E-state index >= 15 is 0 Å². The fourth-order valence-corrected chi connectivity index (χ4v) is 10.7. The number of fused-ring (bicyclic) bond motifs is 8. The maximum Gasteiger partial charge on any atom is 0.0541 e. The van der Waals surface area contributed by atoms with E-state index in [0.29, 0.717) is 0 Å². The minimum atomic E-state index is 1.16. The number of para-hydroxylation sites is 2. The van der Waals surface area contributed by atoms with E-state index in [4.69, 9.17) is 0 Å². The van der Waals surface area contributed by atoms with Gasteiger partial charge in [0, 0.05) is 36.5 Å². The van der Waals surface area contributed by atoms with Gasteiger partial charge in [-0.3, -0.25) is 0 Å². The largest absolute Gasteiger partial charge is 0.309 e. The number of hydrogen-bond acceptors (Lipinski definition) is 1. The molecule has 10 aromatic carbocycles. The average molecular weight is 754 g/mol. The molecule has 0 radical (unpaired) electrons. The maximum atomic E-state index is 2.47. The predicted octanol–water partition coefficient (Wildman–Crippen LogP) is 16.1. The highest BCUT2D eigenvalue weighted by Crippen LogP contribution is 2.46. The number of benzene rings is 10. The molecule has 0 bridgehead atoms. The van der Waals surface area contributed by atoms with E-state index in [1.807, 2.05) is 11.3 Å². The first-order valence-corrected chi connectivity index (χ1v) is 20.7. The Balaban J connectivity index is 1.10. The van der Waals surface area contributed by atoms with Crippen LogP contribution in [0.2, 0.25) is 0 Å². The molecule has 0 atom stereocenters. The van der Waals surface area contributed by atoms with Crippen molar-refractivity contribution >= 4 is 74.9 Å². The van der Waals surface area contributed by atoms with Gasteiger partial charge in [0.1, 0.15) is 0 Å². The smallest absolute Gasteiger partial charge is 0.0541 e. The molecule has 0 aliphatic carbocycles. The lowest BCUT2D eigenvalue weighted by atomic mass is 9.85. The SMILES string of the molecule is c1ccc(-c2c3ccccc3c(-c3ccccc3)c3cc(-c4ccccc4-n4c5ccccc5c5cc(-c6cccc7c6sc6ccccc67)ccc54)ccc23)cc1. The molecule has 0 aliphatic heterocycles. The summed E-state index contributed by atoms with van der Waals surface area (Å²) in [6, 6.07) is 78.2. The van der Waals surface area contributed by atoms with Gasteiger partial charge in [-0.15, -0.1) is 11.3 Å². The molecule has 0 fully saturated rings. The van der Waals surface area contributed by atoms with Crippen LogP contribution in [0.4, 0.5) is 0 Å². The molecule has 0 spiro atoms. The van der Waals surface area contributed by atoms with Crippen LogP contribution in [0.15, 0.2) is 212 Å². The molecule has 1 nitrogen and oxygen atoms in total. The Bertz CT molecular complexity index is 3550. The first-order chi connectivity index (χ1) is 28.8. The van der Waals surface area contributed by atoms with E-state index in [1.54, 1.807) is 0 Å². The van der Waals surface area contributed by atoms with Gasteiger partial charge >= 0.3 is 0 Å². The third kappa shape index (κ3) is 5.02. The maximum absolute atomic E-state index is 2.47. The van der Waals surface area contributed by atoms with Crippen LogP contribution in [0.25, 0.3) is 114 Å². The predicted molar refractivity (Wildman–Crippen MR) is 250 cm³/mol. The van der Waals surface area contributed by atoms with Crippen LogP contribution in [-0.4, -0.2) is 4.57 Å². The first kappa shape index (κ1) is 32.9. The molecule has 2 heteroatoms. The molecule has 0 unspecified atom stereocenters. The minimum absolute atomic E-state index is 1.16. The normalized spacial score (nSPS) is 11.8. The van der Waals surface area contributed by atoms with Gasteiger partial charge in [-0.2, -0.15) is 0 Å². The molecular weight excluding hydrogens is 719 g/mol. The van der Waals surface area contributed by atoms with Crippen molar-refractivity contribution < 1.29 is 0 Å². The molecule has 2 aromatic heterocycles. The summed E-state index contributed by atoms with van der Waals surface area (Å²) in [4.78, 5) is 0. The van der Waals surface area contributed by atoms with E-state index in [0.717, 1.165) is 5.69 Å². The summed E-state index contributed by atoms with van der Waals surface area (Å²) in [5.74, 6) is 0. The Morgan fingerprint density at radius 1 is 0.293 bits per heavy atom. The van der Waals surface area contributed by atoms with Crippen molar-refractivity contribution in [2.24, 2.45) is 0 Å². The summed E-state index contributed by atoms with van der Waals surface area (Å²) in [5, 5.41) is 10.2. The van der Waals surface area contributed by atoms with Crippen LogP contribution in [0.5, 0.6) is 0 Å². The Hall–Kier alpha value is -7.26. The zero-order valence-electron chi connectivity index (χ0n) is 31.6. The van der Waals surface area contributed by atoms with E-state index in [-0.39, 0.29) is 0 Å². The average Bonchev–Trinajstić information content (AvgIpc) is 3.84. The zero-order valence-corrected chi connectivity index (χ0v) is 32.4. The lowest BCUT2D eigenvalue weighted by Crippen LogP contribution is -1.97. The van der Waals surface area contributed by atoms with Gasteiger partial charge in [0.15, 0.2) is 0 Å². The van der Waals surface area contributed by atoms with Gasteiger partial charge in [-0.05, 0) is 96.9 Å². The van der Waals surface area contributed by atoms with E-state index in [1.165, 1.54) is 108 Å². The van der Waals surface area contributed by atoms with Crippen LogP contribution in [-0.2, 0) is 0 Å². The summed E-state index contributed by atoms with van der Waals surface area (Å²) in [7, 11) is 0. The van der Waals surface area contributed by atoms with Crippen LogP contribution in [0.3, 0.4) is 0 Å². The number of aromatic nitrogens is 1. The molecule has 0 saturated carbocycles. The standard InChI is InChI=1S/C56H35NS/c1-3-16-36(17-4-1)54-44-23-7-8-24-45(44)55(37-18-5-2-6-19-37)49-35-38(30-32-46(49)54)40-20-9-12-27-50(40)57-51-28-13-10-21-42(51)48-34-39(31-33-52(48)57)41-25-15-26-47-43-22-11-14-29-53(43)58-56(41)47/h1-35H. The molecule has 0 saturated heterocycles. The van der Waals surface area contributed by atoms with Crippen LogP contribution >= 0.6 is 11.3 Å². The van der Waals surface area contributed by atoms with Crippen LogP contribution < -0.4 is 0 Å². The second kappa shape index (κ2) is 13.2.